The van der Waals surface area contributed by atoms with Gasteiger partial charge in [-0.2, -0.15) is 0 Å². The predicted octanol–water partition coefficient (Wildman–Crippen LogP) is 3.50. The Morgan fingerprint density at radius 3 is 2.75 bits per heavy atom. The van der Waals surface area contributed by atoms with Gasteiger partial charge in [0.05, 0.1) is 12.8 Å². The topological polar surface area (TPSA) is 42.4 Å². The summed E-state index contributed by atoms with van der Waals surface area (Å²) in [5.41, 5.74) is 6.57. The van der Waals surface area contributed by atoms with Crippen LogP contribution in [0.1, 0.15) is 46.3 Å². The van der Waals surface area contributed by atoms with E-state index in [0.29, 0.717) is 23.3 Å². The number of nitrogens with two attached hydrogens (primary N) is 1. The minimum Gasteiger partial charge on any atom is -0.468 e. The van der Waals surface area contributed by atoms with E-state index in [4.69, 9.17) is 10.2 Å². The third kappa shape index (κ3) is 3.26. The molecule has 0 amide bonds. The van der Waals surface area contributed by atoms with Gasteiger partial charge in [-0.15, -0.1) is 0 Å². The first-order valence-electron chi connectivity index (χ1n) is 7.95. The molecule has 3 unspecified atom stereocenters. The van der Waals surface area contributed by atoms with E-state index in [0.717, 1.165) is 31.8 Å². The van der Waals surface area contributed by atoms with Crippen LogP contribution in [0.3, 0.4) is 0 Å². The predicted molar refractivity (Wildman–Crippen MR) is 83.3 cm³/mol. The fraction of sp³-hybridized carbons (Fsp3) is 0.765. The smallest absolute Gasteiger partial charge is 0.117 e. The molecule has 1 fully saturated rings. The SMILES string of the molecule is CCN(Cc1ccco1)CC1CCC(N)C(C)C1(C)C. The maximum absolute atomic E-state index is 6.26. The van der Waals surface area contributed by atoms with E-state index < -0.39 is 0 Å². The number of hydrogen-bond acceptors (Lipinski definition) is 3. The van der Waals surface area contributed by atoms with Gasteiger partial charge in [0.1, 0.15) is 5.76 Å². The maximum atomic E-state index is 6.26. The molecule has 0 spiro atoms. The van der Waals surface area contributed by atoms with Crippen molar-refractivity contribution in [2.75, 3.05) is 13.1 Å². The fourth-order valence-corrected chi connectivity index (χ4v) is 3.51. The van der Waals surface area contributed by atoms with E-state index in [1.807, 2.05) is 6.07 Å². The first-order valence-corrected chi connectivity index (χ1v) is 7.95. The van der Waals surface area contributed by atoms with Crippen molar-refractivity contribution >= 4 is 0 Å². The lowest BCUT2D eigenvalue weighted by Crippen LogP contribution is -2.49. The van der Waals surface area contributed by atoms with Gasteiger partial charge in [0.15, 0.2) is 0 Å². The van der Waals surface area contributed by atoms with E-state index in [9.17, 15) is 0 Å². The van der Waals surface area contributed by atoms with Crippen molar-refractivity contribution in [1.82, 2.24) is 4.90 Å². The van der Waals surface area contributed by atoms with Crippen molar-refractivity contribution in [3.63, 3.8) is 0 Å². The van der Waals surface area contributed by atoms with Crippen molar-refractivity contribution in [1.29, 1.82) is 0 Å². The summed E-state index contributed by atoms with van der Waals surface area (Å²) in [6.07, 6.45) is 4.16. The summed E-state index contributed by atoms with van der Waals surface area (Å²) in [5, 5.41) is 0. The molecule has 2 N–H and O–H groups in total. The van der Waals surface area contributed by atoms with Crippen LogP contribution in [-0.4, -0.2) is 24.0 Å². The van der Waals surface area contributed by atoms with E-state index >= 15 is 0 Å². The number of furan rings is 1. The van der Waals surface area contributed by atoms with Crippen LogP contribution >= 0.6 is 0 Å². The maximum Gasteiger partial charge on any atom is 0.117 e. The molecule has 0 bridgehead atoms. The van der Waals surface area contributed by atoms with E-state index in [1.165, 1.54) is 6.42 Å². The standard InChI is InChI=1S/C17H30N2O/c1-5-19(12-15-7-6-10-20-15)11-14-8-9-16(18)13(2)17(14,3)4/h6-7,10,13-14,16H,5,8-9,11-12,18H2,1-4H3. The first kappa shape index (κ1) is 15.6. The third-order valence-electron chi connectivity index (χ3n) is 5.60. The molecule has 0 saturated heterocycles. The molecule has 1 saturated carbocycles. The van der Waals surface area contributed by atoms with Crippen LogP contribution in [-0.2, 0) is 6.54 Å². The largest absolute Gasteiger partial charge is 0.468 e. The molecule has 2 rings (SSSR count). The molecule has 1 aliphatic carbocycles. The molecule has 0 aromatic carbocycles. The second-order valence-corrected chi connectivity index (χ2v) is 6.96. The van der Waals surface area contributed by atoms with Gasteiger partial charge in [-0.25, -0.2) is 0 Å². The summed E-state index contributed by atoms with van der Waals surface area (Å²) >= 11 is 0. The molecular formula is C17H30N2O. The fourth-order valence-electron chi connectivity index (χ4n) is 3.51. The summed E-state index contributed by atoms with van der Waals surface area (Å²) in [5.74, 6) is 2.36. The lowest BCUT2D eigenvalue weighted by Gasteiger charge is -2.48. The number of hydrogen-bond donors (Lipinski definition) is 1. The molecule has 3 heteroatoms. The van der Waals surface area contributed by atoms with Crippen LogP contribution < -0.4 is 5.73 Å². The second-order valence-electron chi connectivity index (χ2n) is 6.96. The van der Waals surface area contributed by atoms with E-state index in [2.05, 4.69) is 38.7 Å². The molecule has 0 aliphatic heterocycles. The number of rotatable bonds is 5. The molecule has 0 radical (unpaired) electrons. The summed E-state index contributed by atoms with van der Waals surface area (Å²) in [6.45, 7) is 12.4. The first-order chi connectivity index (χ1) is 9.45. The Hall–Kier alpha value is -0.800. The molecule has 3 nitrogen and oxygen atoms in total. The zero-order valence-corrected chi connectivity index (χ0v) is 13.4. The average Bonchev–Trinajstić information content (AvgIpc) is 2.91. The Morgan fingerprint density at radius 2 is 2.15 bits per heavy atom. The Labute approximate surface area is 123 Å². The summed E-state index contributed by atoms with van der Waals surface area (Å²) in [7, 11) is 0. The van der Waals surface area contributed by atoms with Crippen LogP contribution in [0.5, 0.6) is 0 Å². The monoisotopic (exact) mass is 278 g/mol. The Kier molecular flexibility index (Phi) is 4.92. The van der Waals surface area contributed by atoms with Crippen molar-refractivity contribution in [3.8, 4) is 0 Å². The van der Waals surface area contributed by atoms with Crippen LogP contribution in [0, 0.1) is 17.3 Å². The molecule has 1 heterocycles. The van der Waals surface area contributed by atoms with Gasteiger partial charge in [0, 0.05) is 12.6 Å². The third-order valence-corrected chi connectivity index (χ3v) is 5.60. The zero-order valence-electron chi connectivity index (χ0n) is 13.4. The van der Waals surface area contributed by atoms with Crippen LogP contribution in [0.25, 0.3) is 0 Å². The highest BCUT2D eigenvalue weighted by atomic mass is 16.3. The summed E-state index contributed by atoms with van der Waals surface area (Å²) in [6, 6.07) is 4.39. The lowest BCUT2D eigenvalue weighted by molar-refractivity contribution is 0.0267. The normalized spacial score (nSPS) is 29.8. The highest BCUT2D eigenvalue weighted by Crippen LogP contribution is 2.44. The average molecular weight is 278 g/mol. The molecule has 3 atom stereocenters. The van der Waals surface area contributed by atoms with Gasteiger partial charge in [-0.1, -0.05) is 27.7 Å². The van der Waals surface area contributed by atoms with Gasteiger partial charge in [-0.05, 0) is 48.8 Å². The Balaban J connectivity index is 1.99. The van der Waals surface area contributed by atoms with Crippen molar-refractivity contribution in [2.45, 2.75) is 53.1 Å². The second kappa shape index (κ2) is 6.31. The highest BCUT2D eigenvalue weighted by molar-refractivity contribution is 4.99. The van der Waals surface area contributed by atoms with Crippen LogP contribution in [0.2, 0.25) is 0 Å². The van der Waals surface area contributed by atoms with Crippen molar-refractivity contribution < 1.29 is 4.42 Å². The quantitative estimate of drug-likeness (QED) is 0.896. The molecule has 114 valence electrons. The number of nitrogens with zero attached hydrogens (tertiary/aromatic N) is 1. The van der Waals surface area contributed by atoms with Crippen LogP contribution in [0.15, 0.2) is 22.8 Å². The van der Waals surface area contributed by atoms with Gasteiger partial charge < -0.3 is 10.2 Å². The lowest BCUT2D eigenvalue weighted by atomic mass is 9.61. The molecule has 1 aliphatic rings. The Bertz CT molecular complexity index is 399. The molecule has 20 heavy (non-hydrogen) atoms. The van der Waals surface area contributed by atoms with Gasteiger partial charge in [-0.3, -0.25) is 4.90 Å². The van der Waals surface area contributed by atoms with Gasteiger partial charge >= 0.3 is 0 Å². The van der Waals surface area contributed by atoms with E-state index in [-0.39, 0.29) is 0 Å². The zero-order chi connectivity index (χ0) is 14.8. The van der Waals surface area contributed by atoms with Crippen molar-refractivity contribution in [3.05, 3.63) is 24.2 Å². The molecule has 1 aromatic rings. The molecular weight excluding hydrogens is 248 g/mol. The Morgan fingerprint density at radius 1 is 1.40 bits per heavy atom. The van der Waals surface area contributed by atoms with Crippen molar-refractivity contribution in [2.24, 2.45) is 23.0 Å². The summed E-state index contributed by atoms with van der Waals surface area (Å²) in [4.78, 5) is 2.49. The van der Waals surface area contributed by atoms with E-state index in [1.54, 1.807) is 6.26 Å². The van der Waals surface area contributed by atoms with Gasteiger partial charge in [0.2, 0.25) is 0 Å². The summed E-state index contributed by atoms with van der Waals surface area (Å²) < 4.78 is 5.48. The molecule has 1 aromatic heterocycles. The minimum atomic E-state index is 0.314. The highest BCUT2D eigenvalue weighted by Gasteiger charge is 2.41. The minimum absolute atomic E-state index is 0.314. The van der Waals surface area contributed by atoms with Crippen LogP contribution in [0.4, 0.5) is 0 Å². The van der Waals surface area contributed by atoms with Gasteiger partial charge in [0.25, 0.3) is 0 Å².